The average molecular weight is 447 g/mol. The van der Waals surface area contributed by atoms with Gasteiger partial charge in [-0.2, -0.15) is 0 Å². The Hall–Kier alpha value is -4.21. The van der Waals surface area contributed by atoms with E-state index in [9.17, 15) is 9.59 Å². The number of benzene rings is 1. The molecule has 33 heavy (non-hydrogen) atoms. The molecule has 2 aliphatic rings. The standard InChI is InChI=1S/C22H21N7O4/c30-12-16-21(22(31)25-11-15-1-2-17-18(9-15)33-8-7-32-17)24-4-6-29(16)20-10-19(26-13-27-20)28-5-3-23-14-28/h1-3,5,9-10,13-14,21,24H,4,6-8,11H2,(H,25,31). The van der Waals surface area contributed by atoms with Crippen molar-refractivity contribution in [3.05, 3.63) is 60.6 Å². The number of amides is 1. The number of fused-ring (bicyclic) bond motifs is 1. The summed E-state index contributed by atoms with van der Waals surface area (Å²) in [5.74, 6) is 4.03. The summed E-state index contributed by atoms with van der Waals surface area (Å²) in [5.41, 5.74) is 1.02. The molecular formula is C22H21N7O4. The van der Waals surface area contributed by atoms with E-state index in [1.54, 1.807) is 34.3 Å². The quantitative estimate of drug-likeness (QED) is 0.530. The van der Waals surface area contributed by atoms with Gasteiger partial charge in [-0.15, -0.1) is 0 Å². The van der Waals surface area contributed by atoms with Crippen molar-refractivity contribution in [3.8, 4) is 17.3 Å². The van der Waals surface area contributed by atoms with Crippen LogP contribution in [-0.4, -0.2) is 63.7 Å². The molecule has 4 heterocycles. The minimum atomic E-state index is -0.861. The van der Waals surface area contributed by atoms with Crippen LogP contribution in [0.3, 0.4) is 0 Å². The van der Waals surface area contributed by atoms with Crippen molar-refractivity contribution in [3.63, 3.8) is 0 Å². The Morgan fingerprint density at radius 3 is 2.85 bits per heavy atom. The molecule has 0 bridgehead atoms. The summed E-state index contributed by atoms with van der Waals surface area (Å²) < 4.78 is 12.8. The summed E-state index contributed by atoms with van der Waals surface area (Å²) in [6.07, 6.45) is 6.43. The van der Waals surface area contributed by atoms with Crippen LogP contribution >= 0.6 is 0 Å². The van der Waals surface area contributed by atoms with Gasteiger partial charge in [0, 0.05) is 38.1 Å². The van der Waals surface area contributed by atoms with Crippen molar-refractivity contribution >= 4 is 17.7 Å². The lowest BCUT2D eigenvalue weighted by atomic mass is 10.1. The first-order valence-corrected chi connectivity index (χ1v) is 10.5. The van der Waals surface area contributed by atoms with Crippen LogP contribution < -0.4 is 25.0 Å². The molecule has 0 aliphatic carbocycles. The number of hydrogen-bond acceptors (Lipinski definition) is 9. The molecule has 2 aliphatic heterocycles. The van der Waals surface area contributed by atoms with Crippen LogP contribution in [0.1, 0.15) is 5.56 Å². The molecule has 1 unspecified atom stereocenters. The zero-order valence-corrected chi connectivity index (χ0v) is 17.6. The highest BCUT2D eigenvalue weighted by Crippen LogP contribution is 2.30. The van der Waals surface area contributed by atoms with Crippen LogP contribution in [0.2, 0.25) is 0 Å². The third-order valence-corrected chi connectivity index (χ3v) is 5.37. The van der Waals surface area contributed by atoms with Crippen molar-refractivity contribution in [2.45, 2.75) is 12.6 Å². The number of nitrogens with zero attached hydrogens (tertiary/aromatic N) is 5. The van der Waals surface area contributed by atoms with Crippen LogP contribution in [0.15, 0.2) is 55.0 Å². The van der Waals surface area contributed by atoms with Crippen molar-refractivity contribution < 1.29 is 19.1 Å². The molecule has 2 N–H and O–H groups in total. The Bertz CT molecular complexity index is 1210. The van der Waals surface area contributed by atoms with Gasteiger partial charge in [-0.05, 0) is 17.7 Å². The van der Waals surface area contributed by atoms with E-state index >= 15 is 0 Å². The largest absolute Gasteiger partial charge is 0.486 e. The molecule has 1 amide bonds. The van der Waals surface area contributed by atoms with E-state index in [2.05, 4.69) is 25.6 Å². The highest BCUT2D eigenvalue weighted by Gasteiger charge is 2.33. The summed E-state index contributed by atoms with van der Waals surface area (Å²) in [6, 6.07) is 6.39. The Morgan fingerprint density at radius 1 is 1.18 bits per heavy atom. The normalized spacial score (nSPS) is 17.4. The molecular weight excluding hydrogens is 426 g/mol. The van der Waals surface area contributed by atoms with Gasteiger partial charge >= 0.3 is 0 Å². The molecule has 0 spiro atoms. The summed E-state index contributed by atoms with van der Waals surface area (Å²) >= 11 is 0. The van der Waals surface area contributed by atoms with Gasteiger partial charge in [-0.25, -0.2) is 19.7 Å². The van der Waals surface area contributed by atoms with E-state index < -0.39 is 6.04 Å². The molecule has 0 saturated carbocycles. The fourth-order valence-corrected chi connectivity index (χ4v) is 3.77. The van der Waals surface area contributed by atoms with Gasteiger partial charge in [-0.3, -0.25) is 14.7 Å². The first-order chi connectivity index (χ1) is 16.2. The third kappa shape index (κ3) is 4.27. The molecule has 1 aromatic carbocycles. The number of piperazine rings is 1. The van der Waals surface area contributed by atoms with E-state index in [-0.39, 0.29) is 18.1 Å². The second kappa shape index (κ2) is 9.11. The number of nitrogens with one attached hydrogen (secondary N) is 2. The number of imidazole rings is 1. The smallest absolute Gasteiger partial charge is 0.244 e. The predicted octanol–water partition coefficient (Wildman–Crippen LogP) is 0.244. The number of anilines is 1. The van der Waals surface area contributed by atoms with E-state index in [0.717, 1.165) is 5.56 Å². The average Bonchev–Trinajstić information content (AvgIpc) is 3.42. The topological polar surface area (TPSA) is 124 Å². The molecule has 1 fully saturated rings. The first-order valence-electron chi connectivity index (χ1n) is 10.5. The maximum atomic E-state index is 13.0. The van der Waals surface area contributed by atoms with Crippen molar-refractivity contribution in [1.29, 1.82) is 0 Å². The van der Waals surface area contributed by atoms with Gasteiger partial charge in [0.2, 0.25) is 5.91 Å². The molecule has 3 aromatic rings. The summed E-state index contributed by atoms with van der Waals surface area (Å²) in [6.45, 7) is 2.22. The molecule has 11 heteroatoms. The maximum absolute atomic E-state index is 13.0. The second-order valence-electron chi connectivity index (χ2n) is 7.43. The fourth-order valence-electron chi connectivity index (χ4n) is 3.77. The van der Waals surface area contributed by atoms with E-state index in [1.807, 2.05) is 24.1 Å². The monoisotopic (exact) mass is 447 g/mol. The number of aromatic nitrogens is 4. The minimum Gasteiger partial charge on any atom is -0.486 e. The van der Waals surface area contributed by atoms with E-state index in [0.29, 0.717) is 49.4 Å². The highest BCUT2D eigenvalue weighted by molar-refractivity contribution is 5.89. The van der Waals surface area contributed by atoms with E-state index in [4.69, 9.17) is 9.47 Å². The van der Waals surface area contributed by atoms with Crippen LogP contribution in [0, 0.1) is 0 Å². The summed E-state index contributed by atoms with van der Waals surface area (Å²) in [5, 5.41) is 5.97. The Balaban J connectivity index is 1.30. The Morgan fingerprint density at radius 2 is 2.03 bits per heavy atom. The van der Waals surface area contributed by atoms with Gasteiger partial charge in [-0.1, -0.05) is 6.07 Å². The van der Waals surface area contributed by atoms with Crippen LogP contribution in [0.4, 0.5) is 5.82 Å². The number of hydrogen-bond donors (Lipinski definition) is 2. The lowest BCUT2D eigenvalue weighted by Gasteiger charge is -2.34. The van der Waals surface area contributed by atoms with Gasteiger partial charge in [0.25, 0.3) is 0 Å². The Labute approximate surface area is 189 Å². The SMILES string of the molecule is O=C=C1C(C(=O)NCc2ccc3c(c2)OCCO3)NCCN1c1cc(-n2ccnc2)ncn1. The maximum Gasteiger partial charge on any atom is 0.244 e. The number of carbonyl (C=O) groups excluding carboxylic acids is 2. The van der Waals surface area contributed by atoms with Crippen molar-refractivity contribution in [2.24, 2.45) is 0 Å². The number of rotatable bonds is 5. The van der Waals surface area contributed by atoms with Gasteiger partial charge < -0.3 is 19.7 Å². The summed E-state index contributed by atoms with van der Waals surface area (Å²) in [4.78, 5) is 39.1. The molecule has 1 atom stereocenters. The fraction of sp³-hybridized carbons (Fsp3) is 0.273. The van der Waals surface area contributed by atoms with Gasteiger partial charge in [0.05, 0.1) is 0 Å². The summed E-state index contributed by atoms with van der Waals surface area (Å²) in [7, 11) is 0. The second-order valence-corrected chi connectivity index (χ2v) is 7.43. The zero-order chi connectivity index (χ0) is 22.6. The van der Waals surface area contributed by atoms with Crippen LogP contribution in [0.5, 0.6) is 11.5 Å². The zero-order valence-electron chi connectivity index (χ0n) is 17.6. The number of carbonyl (C=O) groups is 1. The van der Waals surface area contributed by atoms with Crippen LogP contribution in [0.25, 0.3) is 5.82 Å². The van der Waals surface area contributed by atoms with Gasteiger partial charge in [0.15, 0.2) is 11.5 Å². The lowest BCUT2D eigenvalue weighted by molar-refractivity contribution is -0.122. The number of ether oxygens (including phenoxy) is 2. The third-order valence-electron chi connectivity index (χ3n) is 5.37. The predicted molar refractivity (Wildman–Crippen MR) is 117 cm³/mol. The molecule has 0 radical (unpaired) electrons. The molecule has 11 nitrogen and oxygen atoms in total. The van der Waals surface area contributed by atoms with Crippen LogP contribution in [-0.2, 0) is 16.1 Å². The first kappa shape index (κ1) is 20.7. The molecule has 5 rings (SSSR count). The van der Waals surface area contributed by atoms with Crippen molar-refractivity contribution in [1.82, 2.24) is 30.2 Å². The molecule has 168 valence electrons. The minimum absolute atomic E-state index is 0.163. The van der Waals surface area contributed by atoms with Crippen molar-refractivity contribution in [2.75, 3.05) is 31.2 Å². The van der Waals surface area contributed by atoms with E-state index in [1.165, 1.54) is 6.33 Å². The van der Waals surface area contributed by atoms with Gasteiger partial charge in [0.1, 0.15) is 55.2 Å². The molecule has 1 saturated heterocycles. The Kier molecular flexibility index (Phi) is 5.71. The molecule has 2 aromatic heterocycles. The highest BCUT2D eigenvalue weighted by atomic mass is 16.6. The lowest BCUT2D eigenvalue weighted by Crippen LogP contribution is -2.56.